The Balaban J connectivity index is 1.52. The Bertz CT molecular complexity index is 1240. The van der Waals surface area contributed by atoms with Crippen molar-refractivity contribution in [2.75, 3.05) is 72.1 Å². The smallest absolute Gasteiger partial charge is 0.141 e. The molecule has 2 aromatic heterocycles. The van der Waals surface area contributed by atoms with E-state index in [-0.39, 0.29) is 6.04 Å². The molecule has 3 aromatic rings. The van der Waals surface area contributed by atoms with Gasteiger partial charge in [-0.25, -0.2) is 4.98 Å². The molecule has 12 heteroatoms. The molecule has 1 aromatic carbocycles. The lowest BCUT2D eigenvalue weighted by Crippen LogP contribution is -2.39. The number of pyridine rings is 1. The molecule has 0 amide bonds. The van der Waals surface area contributed by atoms with Crippen LogP contribution in [0.3, 0.4) is 0 Å². The summed E-state index contributed by atoms with van der Waals surface area (Å²) in [5.74, 6) is 1.88. The molecule has 2 saturated heterocycles. The molecule has 4 heterocycles. The standard InChI is InChI=1S/C26H31Cl2N6O4/c1-35-19-13-20(36-2)23(28)21(22(19)27)18-12-16-14-30-26(31-17-4-3-9-38-15-17)33-24(16)25(32-18)29-5-6-34-7-10-37-11-8-34/h12-14,17H,3-11,15H2,1-2H3,(H-,29,30,31,32,33)/q-1. The lowest BCUT2D eigenvalue weighted by atomic mass is 10.1. The number of fused-ring (bicyclic) bond motifs is 1. The zero-order valence-electron chi connectivity index (χ0n) is 21.5. The molecule has 1 unspecified atom stereocenters. The van der Waals surface area contributed by atoms with Crippen molar-refractivity contribution in [3.8, 4) is 22.8 Å². The highest BCUT2D eigenvalue weighted by molar-refractivity contribution is 6.41. The van der Waals surface area contributed by atoms with E-state index in [1.165, 1.54) is 0 Å². The Morgan fingerprint density at radius 3 is 2.50 bits per heavy atom. The van der Waals surface area contributed by atoms with Gasteiger partial charge in [0.25, 0.3) is 0 Å². The molecular formula is C26H31Cl2N6O4-. The van der Waals surface area contributed by atoms with E-state index in [2.05, 4.69) is 15.2 Å². The van der Waals surface area contributed by atoms with Crippen LogP contribution in [-0.2, 0) is 9.47 Å². The van der Waals surface area contributed by atoms with Crippen LogP contribution in [0.4, 0.5) is 11.8 Å². The first kappa shape index (κ1) is 27.0. The minimum Gasteiger partial charge on any atom is -0.495 e. The first-order chi connectivity index (χ1) is 18.6. The van der Waals surface area contributed by atoms with Crippen LogP contribution in [0.25, 0.3) is 27.5 Å². The molecule has 204 valence electrons. The molecule has 2 fully saturated rings. The van der Waals surface area contributed by atoms with Crippen molar-refractivity contribution >= 4 is 45.9 Å². The molecule has 2 aliphatic rings. The highest BCUT2D eigenvalue weighted by Crippen LogP contribution is 2.46. The number of ether oxygens (including phenoxy) is 4. The van der Waals surface area contributed by atoms with Crippen molar-refractivity contribution in [1.82, 2.24) is 19.9 Å². The number of hydrogen-bond acceptors (Lipinski definition) is 9. The molecule has 5 rings (SSSR count). The van der Waals surface area contributed by atoms with E-state index in [4.69, 9.17) is 57.4 Å². The van der Waals surface area contributed by atoms with Crippen LogP contribution < -0.4 is 14.8 Å². The summed E-state index contributed by atoms with van der Waals surface area (Å²) in [5.41, 5.74) is 1.73. The van der Waals surface area contributed by atoms with Crippen LogP contribution in [0.2, 0.25) is 10.0 Å². The number of aromatic nitrogens is 3. The largest absolute Gasteiger partial charge is 0.495 e. The fourth-order valence-electron chi connectivity index (χ4n) is 4.60. The van der Waals surface area contributed by atoms with E-state index < -0.39 is 0 Å². The van der Waals surface area contributed by atoms with E-state index >= 15 is 0 Å². The normalized spacial score (nSPS) is 18.4. The Morgan fingerprint density at radius 1 is 1.05 bits per heavy atom. The molecular weight excluding hydrogens is 531 g/mol. The topological polar surface area (TPSA) is 105 Å². The predicted molar refractivity (Wildman–Crippen MR) is 149 cm³/mol. The molecule has 38 heavy (non-hydrogen) atoms. The molecule has 0 saturated carbocycles. The summed E-state index contributed by atoms with van der Waals surface area (Å²) in [6, 6.07) is 3.57. The maximum atomic E-state index is 6.72. The molecule has 1 atom stereocenters. The summed E-state index contributed by atoms with van der Waals surface area (Å²) in [5, 5.41) is 9.65. The van der Waals surface area contributed by atoms with Gasteiger partial charge in [0.05, 0.1) is 49.8 Å². The second-order valence-electron chi connectivity index (χ2n) is 9.13. The van der Waals surface area contributed by atoms with E-state index in [1.54, 1.807) is 26.5 Å². The van der Waals surface area contributed by atoms with Gasteiger partial charge in [-0.2, -0.15) is 0 Å². The van der Waals surface area contributed by atoms with Crippen molar-refractivity contribution in [3.63, 3.8) is 0 Å². The zero-order chi connectivity index (χ0) is 26.5. The van der Waals surface area contributed by atoms with Crippen LogP contribution in [-0.4, -0.2) is 92.7 Å². The third-order valence-corrected chi connectivity index (χ3v) is 7.39. The minimum atomic E-state index is 0.0491. The minimum absolute atomic E-state index is 0.0491. The second-order valence-corrected chi connectivity index (χ2v) is 9.88. The highest BCUT2D eigenvalue weighted by Gasteiger charge is 2.21. The van der Waals surface area contributed by atoms with Crippen LogP contribution in [0.15, 0.2) is 18.3 Å². The number of methoxy groups -OCH3 is 2. The van der Waals surface area contributed by atoms with Crippen LogP contribution in [0.5, 0.6) is 11.5 Å². The SMILES string of the molecule is COc1cc(OC)c(Cl)c(-c2cc3cnc([N-]C4CCCOC4)nc3c(NCCN3CCOCC3)n2)c1Cl. The molecule has 2 aliphatic heterocycles. The maximum Gasteiger partial charge on any atom is 0.141 e. The van der Waals surface area contributed by atoms with E-state index in [1.807, 2.05) is 6.07 Å². The van der Waals surface area contributed by atoms with Crippen molar-refractivity contribution < 1.29 is 18.9 Å². The molecule has 0 bridgehead atoms. The molecule has 0 radical (unpaired) electrons. The number of hydrogen-bond donors (Lipinski definition) is 1. The average molecular weight is 562 g/mol. The van der Waals surface area contributed by atoms with Crippen molar-refractivity contribution in [1.29, 1.82) is 0 Å². The fraction of sp³-hybridized carbons (Fsp3) is 0.500. The van der Waals surface area contributed by atoms with E-state index in [9.17, 15) is 0 Å². The zero-order valence-corrected chi connectivity index (χ0v) is 23.0. The van der Waals surface area contributed by atoms with Gasteiger partial charge in [-0.15, -0.1) is 0 Å². The van der Waals surface area contributed by atoms with Gasteiger partial charge in [-0.1, -0.05) is 23.2 Å². The van der Waals surface area contributed by atoms with Crippen molar-refractivity contribution in [2.45, 2.75) is 18.9 Å². The van der Waals surface area contributed by atoms with Gasteiger partial charge in [-0.3, -0.25) is 4.90 Å². The number of rotatable bonds is 9. The monoisotopic (exact) mass is 561 g/mol. The highest BCUT2D eigenvalue weighted by atomic mass is 35.5. The number of morpholine rings is 1. The summed E-state index contributed by atoms with van der Waals surface area (Å²) in [7, 11) is 3.09. The molecule has 1 N–H and O–H groups in total. The molecule has 10 nitrogen and oxygen atoms in total. The number of benzene rings is 1. The lowest BCUT2D eigenvalue weighted by Gasteiger charge is -2.28. The van der Waals surface area contributed by atoms with E-state index in [0.717, 1.165) is 57.7 Å². The lowest BCUT2D eigenvalue weighted by molar-refractivity contribution is 0.0398. The van der Waals surface area contributed by atoms with Gasteiger partial charge in [0, 0.05) is 61.9 Å². The maximum absolute atomic E-state index is 6.72. The fourth-order valence-corrected chi connectivity index (χ4v) is 5.29. The van der Waals surface area contributed by atoms with Gasteiger partial charge < -0.3 is 39.5 Å². The number of nitrogens with one attached hydrogen (secondary N) is 1. The molecule has 0 spiro atoms. The van der Waals surface area contributed by atoms with Crippen LogP contribution in [0.1, 0.15) is 12.8 Å². The number of nitrogens with zero attached hydrogens (tertiary/aromatic N) is 5. The summed E-state index contributed by atoms with van der Waals surface area (Å²) < 4.78 is 22.0. The predicted octanol–water partition coefficient (Wildman–Crippen LogP) is 4.94. The average Bonchev–Trinajstić information content (AvgIpc) is 2.94. The third-order valence-electron chi connectivity index (χ3n) is 6.64. The number of halogens is 2. The second kappa shape index (κ2) is 12.5. The summed E-state index contributed by atoms with van der Waals surface area (Å²) in [4.78, 5) is 16.6. The van der Waals surface area contributed by atoms with Crippen LogP contribution in [0, 0.1) is 0 Å². The number of anilines is 1. The summed E-state index contributed by atoms with van der Waals surface area (Å²) >= 11 is 13.4. The Hall–Kier alpha value is -2.63. The van der Waals surface area contributed by atoms with Gasteiger partial charge in [0.15, 0.2) is 0 Å². The summed E-state index contributed by atoms with van der Waals surface area (Å²) in [6.07, 6.45) is 3.69. The quantitative estimate of drug-likeness (QED) is 0.388. The Kier molecular flexibility index (Phi) is 8.86. The van der Waals surface area contributed by atoms with Gasteiger partial charge in [0.1, 0.15) is 17.3 Å². The first-order valence-electron chi connectivity index (χ1n) is 12.7. The van der Waals surface area contributed by atoms with E-state index in [0.29, 0.717) is 63.2 Å². The van der Waals surface area contributed by atoms with Gasteiger partial charge in [-0.05, 0) is 30.5 Å². The van der Waals surface area contributed by atoms with Gasteiger partial charge in [0.2, 0.25) is 0 Å². The first-order valence-corrected chi connectivity index (χ1v) is 13.4. The van der Waals surface area contributed by atoms with Gasteiger partial charge >= 0.3 is 0 Å². The Morgan fingerprint density at radius 2 is 1.82 bits per heavy atom. The van der Waals surface area contributed by atoms with Crippen LogP contribution >= 0.6 is 23.2 Å². The van der Waals surface area contributed by atoms with Crippen molar-refractivity contribution in [3.05, 3.63) is 33.7 Å². The third kappa shape index (κ3) is 6.00. The summed E-state index contributed by atoms with van der Waals surface area (Å²) in [6.45, 7) is 6.16. The molecule has 0 aliphatic carbocycles. The van der Waals surface area contributed by atoms with Crippen molar-refractivity contribution in [2.24, 2.45) is 0 Å². The Labute approximate surface area is 231 Å².